The van der Waals surface area contributed by atoms with Crippen LogP contribution in [0.3, 0.4) is 0 Å². The van der Waals surface area contributed by atoms with Gasteiger partial charge in [0.25, 0.3) is 0 Å². The maximum atomic E-state index is 8.51. The zero-order valence-electron chi connectivity index (χ0n) is 10.8. The number of anilines is 1. The normalized spacial score (nSPS) is 9.74. The monoisotopic (exact) mass is 254 g/mol. The first kappa shape index (κ1) is 12.8. The molecule has 19 heavy (non-hydrogen) atoms. The molecule has 5 heteroatoms. The van der Waals surface area contributed by atoms with Crippen LogP contribution in [0, 0.1) is 11.5 Å². The minimum Gasteiger partial charge on any atom is -0.496 e. The molecule has 0 aliphatic rings. The van der Waals surface area contributed by atoms with Gasteiger partial charge in [-0.1, -0.05) is 13.0 Å². The van der Waals surface area contributed by atoms with E-state index in [-0.39, 0.29) is 0 Å². The summed E-state index contributed by atoms with van der Waals surface area (Å²) in [6, 6.07) is 9.52. The van der Waals surface area contributed by atoms with E-state index in [4.69, 9.17) is 10.00 Å². The second kappa shape index (κ2) is 5.83. The van der Waals surface area contributed by atoms with Gasteiger partial charge in [-0.25, -0.2) is 0 Å². The predicted octanol–water partition coefficient (Wildman–Crippen LogP) is 2.61. The summed E-state index contributed by atoms with van der Waals surface area (Å²) in [5, 5.41) is 19.0. The minimum absolute atomic E-state index is 0.428. The molecule has 0 fully saturated rings. The number of hydrogen-bond acceptors (Lipinski definition) is 5. The molecule has 0 amide bonds. The highest BCUT2D eigenvalue weighted by molar-refractivity contribution is 5.68. The van der Waals surface area contributed by atoms with Gasteiger partial charge in [-0.05, 0) is 36.2 Å². The summed E-state index contributed by atoms with van der Waals surface area (Å²) in [6.45, 7) is 2.09. The third-order valence-electron chi connectivity index (χ3n) is 2.80. The van der Waals surface area contributed by atoms with Gasteiger partial charge in [0, 0.05) is 5.56 Å². The lowest BCUT2D eigenvalue weighted by atomic mass is 10.0. The SMILES string of the molecule is CCc1ccc(OC)c(-c2ccc(NC#N)nn2)c1. The molecule has 0 unspecified atom stereocenters. The van der Waals surface area contributed by atoms with Crippen LogP contribution in [-0.4, -0.2) is 17.3 Å². The Morgan fingerprint density at radius 1 is 1.26 bits per heavy atom. The van der Waals surface area contributed by atoms with Crippen LogP contribution in [0.25, 0.3) is 11.3 Å². The average Bonchev–Trinajstić information content (AvgIpc) is 2.47. The fourth-order valence-electron chi connectivity index (χ4n) is 1.78. The van der Waals surface area contributed by atoms with E-state index < -0.39 is 0 Å². The molecule has 1 heterocycles. The summed E-state index contributed by atoms with van der Waals surface area (Å²) < 4.78 is 5.34. The number of methoxy groups -OCH3 is 1. The van der Waals surface area contributed by atoms with Gasteiger partial charge < -0.3 is 4.74 Å². The van der Waals surface area contributed by atoms with Crippen molar-refractivity contribution in [1.82, 2.24) is 10.2 Å². The second-order valence-electron chi connectivity index (χ2n) is 3.93. The Morgan fingerprint density at radius 2 is 2.11 bits per heavy atom. The molecule has 0 atom stereocenters. The van der Waals surface area contributed by atoms with E-state index in [1.165, 1.54) is 5.56 Å². The zero-order chi connectivity index (χ0) is 13.7. The van der Waals surface area contributed by atoms with E-state index in [0.29, 0.717) is 5.82 Å². The number of benzene rings is 1. The smallest absolute Gasteiger partial charge is 0.182 e. The van der Waals surface area contributed by atoms with Crippen molar-refractivity contribution in [3.63, 3.8) is 0 Å². The number of ether oxygens (including phenoxy) is 1. The van der Waals surface area contributed by atoms with E-state index >= 15 is 0 Å². The van der Waals surface area contributed by atoms with E-state index in [0.717, 1.165) is 23.4 Å². The van der Waals surface area contributed by atoms with Crippen LogP contribution in [0.15, 0.2) is 30.3 Å². The Bertz CT molecular complexity index is 602. The highest BCUT2D eigenvalue weighted by atomic mass is 16.5. The molecular weight excluding hydrogens is 240 g/mol. The van der Waals surface area contributed by atoms with Crippen LogP contribution in [0.4, 0.5) is 5.82 Å². The summed E-state index contributed by atoms with van der Waals surface area (Å²) in [7, 11) is 1.63. The number of nitrogens with zero attached hydrogens (tertiary/aromatic N) is 3. The van der Waals surface area contributed by atoms with Crippen LogP contribution >= 0.6 is 0 Å². The Kier molecular flexibility index (Phi) is 3.94. The van der Waals surface area contributed by atoms with Crippen LogP contribution in [0.1, 0.15) is 12.5 Å². The van der Waals surface area contributed by atoms with Gasteiger partial charge in [-0.15, -0.1) is 10.2 Å². The largest absolute Gasteiger partial charge is 0.496 e. The molecule has 1 aromatic carbocycles. The molecule has 0 radical (unpaired) electrons. The molecule has 96 valence electrons. The van der Waals surface area contributed by atoms with Crippen molar-refractivity contribution in [3.05, 3.63) is 35.9 Å². The lowest BCUT2D eigenvalue weighted by molar-refractivity contribution is 0.416. The Balaban J connectivity index is 2.42. The average molecular weight is 254 g/mol. The number of rotatable bonds is 4. The lowest BCUT2D eigenvalue weighted by Crippen LogP contribution is -1.97. The quantitative estimate of drug-likeness (QED) is 0.670. The summed E-state index contributed by atoms with van der Waals surface area (Å²) in [5.74, 6) is 1.18. The van der Waals surface area contributed by atoms with Gasteiger partial charge >= 0.3 is 0 Å². The molecule has 2 aromatic rings. The van der Waals surface area contributed by atoms with E-state index in [1.807, 2.05) is 24.3 Å². The van der Waals surface area contributed by atoms with Gasteiger partial charge in [0.2, 0.25) is 0 Å². The van der Waals surface area contributed by atoms with Gasteiger partial charge in [-0.2, -0.15) is 5.26 Å². The molecule has 5 nitrogen and oxygen atoms in total. The number of hydrogen-bond donors (Lipinski definition) is 1. The van der Waals surface area contributed by atoms with E-state index in [1.54, 1.807) is 19.4 Å². The molecule has 0 bridgehead atoms. The summed E-state index contributed by atoms with van der Waals surface area (Å²) in [5.41, 5.74) is 2.82. The van der Waals surface area contributed by atoms with Crippen molar-refractivity contribution in [1.29, 1.82) is 5.26 Å². The molecule has 2 rings (SSSR count). The standard InChI is InChI=1S/C14H14N4O/c1-3-10-4-6-13(19-2)11(8-10)12-5-7-14(16-9-15)18-17-12/h4-8H,3H2,1-2H3,(H,16,18). The van der Waals surface area contributed by atoms with Gasteiger partial charge in [0.05, 0.1) is 12.8 Å². The third-order valence-corrected chi connectivity index (χ3v) is 2.80. The van der Waals surface area contributed by atoms with Crippen molar-refractivity contribution in [2.75, 3.05) is 12.4 Å². The number of aromatic nitrogens is 2. The molecule has 1 N–H and O–H groups in total. The van der Waals surface area contributed by atoms with Crippen molar-refractivity contribution < 1.29 is 4.74 Å². The zero-order valence-corrected chi connectivity index (χ0v) is 10.8. The summed E-state index contributed by atoms with van der Waals surface area (Å²) in [6.07, 6.45) is 2.75. The van der Waals surface area contributed by atoms with Crippen molar-refractivity contribution in [2.24, 2.45) is 0 Å². The molecule has 0 spiro atoms. The Hall–Kier alpha value is -2.61. The lowest BCUT2D eigenvalue weighted by Gasteiger charge is -2.09. The van der Waals surface area contributed by atoms with Crippen molar-refractivity contribution in [2.45, 2.75) is 13.3 Å². The Morgan fingerprint density at radius 3 is 2.68 bits per heavy atom. The van der Waals surface area contributed by atoms with Gasteiger partial charge in [0.1, 0.15) is 5.75 Å². The van der Waals surface area contributed by atoms with Crippen molar-refractivity contribution in [3.8, 4) is 23.2 Å². The first-order chi connectivity index (χ1) is 9.28. The maximum Gasteiger partial charge on any atom is 0.182 e. The molecular formula is C14H14N4O. The van der Waals surface area contributed by atoms with Crippen LogP contribution in [-0.2, 0) is 6.42 Å². The van der Waals surface area contributed by atoms with Crippen molar-refractivity contribution >= 4 is 5.82 Å². The molecule has 0 saturated heterocycles. The highest BCUT2D eigenvalue weighted by Gasteiger charge is 2.08. The molecule has 0 saturated carbocycles. The van der Waals surface area contributed by atoms with Gasteiger partial charge in [0.15, 0.2) is 12.0 Å². The number of aryl methyl sites for hydroxylation is 1. The van der Waals surface area contributed by atoms with Crippen LogP contribution in [0.5, 0.6) is 5.75 Å². The molecule has 0 aliphatic heterocycles. The van der Waals surface area contributed by atoms with E-state index in [2.05, 4.69) is 22.4 Å². The fraction of sp³-hybridized carbons (Fsp3) is 0.214. The summed E-state index contributed by atoms with van der Waals surface area (Å²) in [4.78, 5) is 0. The number of nitrogens with one attached hydrogen (secondary N) is 1. The first-order valence-corrected chi connectivity index (χ1v) is 5.94. The van der Waals surface area contributed by atoms with Crippen LogP contribution < -0.4 is 10.1 Å². The Labute approximate surface area is 111 Å². The molecule has 0 aliphatic carbocycles. The highest BCUT2D eigenvalue weighted by Crippen LogP contribution is 2.29. The second-order valence-corrected chi connectivity index (χ2v) is 3.93. The molecule has 1 aromatic heterocycles. The third kappa shape index (κ3) is 2.80. The summed E-state index contributed by atoms with van der Waals surface area (Å²) >= 11 is 0. The van der Waals surface area contributed by atoms with Gasteiger partial charge in [-0.3, -0.25) is 5.32 Å². The maximum absolute atomic E-state index is 8.51. The van der Waals surface area contributed by atoms with Crippen LogP contribution in [0.2, 0.25) is 0 Å². The van der Waals surface area contributed by atoms with E-state index in [9.17, 15) is 0 Å². The minimum atomic E-state index is 0.428. The fourth-order valence-corrected chi connectivity index (χ4v) is 1.78. The predicted molar refractivity (Wildman–Crippen MR) is 72.6 cm³/mol. The number of nitriles is 1. The first-order valence-electron chi connectivity index (χ1n) is 5.94. The topological polar surface area (TPSA) is 70.8 Å².